The summed E-state index contributed by atoms with van der Waals surface area (Å²) in [6.07, 6.45) is 3.46. The molecule has 4 N–H and O–H groups in total. The van der Waals surface area contributed by atoms with Crippen molar-refractivity contribution in [2.24, 2.45) is 5.14 Å². The highest BCUT2D eigenvalue weighted by Crippen LogP contribution is 2.29. The first kappa shape index (κ1) is 16.1. The zero-order chi connectivity index (χ0) is 15.6. The van der Waals surface area contributed by atoms with E-state index in [1.807, 2.05) is 11.9 Å². The number of hydrogen-bond acceptors (Lipinski definition) is 5. The Hall–Kier alpha value is -1.31. The molecule has 2 rings (SSSR count). The summed E-state index contributed by atoms with van der Waals surface area (Å²) in [6.45, 7) is 3.23. The van der Waals surface area contributed by atoms with Gasteiger partial charge in [0, 0.05) is 31.6 Å². The number of nitrogens with two attached hydrogens (primary N) is 2. The molecule has 0 amide bonds. The number of nitrogen functional groups attached to an aromatic ring is 1. The zero-order valence-electron chi connectivity index (χ0n) is 12.5. The maximum atomic E-state index is 11.6. The molecule has 0 saturated carbocycles. The van der Waals surface area contributed by atoms with E-state index in [-0.39, 0.29) is 11.0 Å². The molecule has 7 heteroatoms. The van der Waals surface area contributed by atoms with Gasteiger partial charge in [-0.05, 0) is 43.9 Å². The fourth-order valence-corrected chi connectivity index (χ4v) is 3.57. The van der Waals surface area contributed by atoms with E-state index in [0.717, 1.165) is 31.6 Å². The number of ether oxygens (including phenoxy) is 1. The van der Waals surface area contributed by atoms with E-state index in [2.05, 4.69) is 0 Å². The highest BCUT2D eigenvalue weighted by atomic mass is 32.2. The van der Waals surface area contributed by atoms with Gasteiger partial charge in [-0.2, -0.15) is 0 Å². The Bertz CT molecular complexity index is 610. The SMILES string of the molecule is Cc1c(N(C)CC2CCCCO2)cc(N)cc1S(N)(=O)=O. The average molecular weight is 313 g/mol. The Kier molecular flexibility index (Phi) is 4.75. The van der Waals surface area contributed by atoms with Crippen LogP contribution in [0.25, 0.3) is 0 Å². The van der Waals surface area contributed by atoms with E-state index in [1.54, 1.807) is 13.0 Å². The average Bonchev–Trinajstić information content (AvgIpc) is 2.40. The molecular weight excluding hydrogens is 290 g/mol. The molecule has 1 saturated heterocycles. The Morgan fingerprint density at radius 2 is 2.10 bits per heavy atom. The maximum Gasteiger partial charge on any atom is 0.238 e. The van der Waals surface area contributed by atoms with Crippen LogP contribution in [0.3, 0.4) is 0 Å². The van der Waals surface area contributed by atoms with Gasteiger partial charge >= 0.3 is 0 Å². The molecular formula is C14H23N3O3S. The lowest BCUT2D eigenvalue weighted by molar-refractivity contribution is 0.0216. The van der Waals surface area contributed by atoms with Gasteiger partial charge in [0.1, 0.15) is 0 Å². The van der Waals surface area contributed by atoms with E-state index in [4.69, 9.17) is 15.6 Å². The summed E-state index contributed by atoms with van der Waals surface area (Å²) in [7, 11) is -1.87. The topological polar surface area (TPSA) is 98.7 Å². The summed E-state index contributed by atoms with van der Waals surface area (Å²) in [6, 6.07) is 3.17. The summed E-state index contributed by atoms with van der Waals surface area (Å²) >= 11 is 0. The minimum Gasteiger partial charge on any atom is -0.399 e. The predicted molar refractivity (Wildman–Crippen MR) is 83.8 cm³/mol. The van der Waals surface area contributed by atoms with Gasteiger partial charge in [0.15, 0.2) is 0 Å². The van der Waals surface area contributed by atoms with Crippen molar-refractivity contribution in [3.63, 3.8) is 0 Å². The van der Waals surface area contributed by atoms with Crippen molar-refractivity contribution in [1.82, 2.24) is 0 Å². The molecule has 118 valence electrons. The van der Waals surface area contributed by atoms with Crippen LogP contribution in [0.4, 0.5) is 11.4 Å². The third-order valence-electron chi connectivity index (χ3n) is 3.82. The van der Waals surface area contributed by atoms with Gasteiger partial charge in [-0.3, -0.25) is 0 Å². The summed E-state index contributed by atoms with van der Waals surface area (Å²) in [5.41, 5.74) is 7.59. The lowest BCUT2D eigenvalue weighted by Gasteiger charge is -2.30. The van der Waals surface area contributed by atoms with Crippen LogP contribution in [0.5, 0.6) is 0 Å². The Morgan fingerprint density at radius 3 is 2.67 bits per heavy atom. The second kappa shape index (κ2) is 6.21. The van der Waals surface area contributed by atoms with Crippen molar-refractivity contribution in [1.29, 1.82) is 0 Å². The van der Waals surface area contributed by atoms with Gasteiger partial charge in [0.2, 0.25) is 10.0 Å². The van der Waals surface area contributed by atoms with E-state index < -0.39 is 10.0 Å². The third kappa shape index (κ3) is 3.87. The molecule has 1 fully saturated rings. The molecule has 1 aromatic carbocycles. The van der Waals surface area contributed by atoms with Gasteiger partial charge in [-0.1, -0.05) is 0 Å². The molecule has 21 heavy (non-hydrogen) atoms. The lowest BCUT2D eigenvalue weighted by atomic mass is 10.1. The molecule has 1 aliphatic heterocycles. The standard InChI is InChI=1S/C14H23N3O3S/c1-10-13(7-11(15)8-14(10)21(16,18)19)17(2)9-12-5-3-4-6-20-12/h7-8,12H,3-6,9,15H2,1-2H3,(H2,16,18,19). The molecule has 1 heterocycles. The normalized spacial score (nSPS) is 19.5. The highest BCUT2D eigenvalue weighted by molar-refractivity contribution is 7.89. The van der Waals surface area contributed by atoms with Crippen LogP contribution in [0.15, 0.2) is 17.0 Å². The zero-order valence-corrected chi connectivity index (χ0v) is 13.3. The summed E-state index contributed by atoms with van der Waals surface area (Å²) in [5, 5.41) is 5.25. The Morgan fingerprint density at radius 1 is 1.38 bits per heavy atom. The smallest absolute Gasteiger partial charge is 0.238 e. The molecule has 1 atom stereocenters. The lowest BCUT2D eigenvalue weighted by Crippen LogP contribution is -2.34. The van der Waals surface area contributed by atoms with E-state index in [9.17, 15) is 8.42 Å². The van der Waals surface area contributed by atoms with Gasteiger partial charge in [-0.15, -0.1) is 0 Å². The van der Waals surface area contributed by atoms with Gasteiger partial charge in [0.25, 0.3) is 0 Å². The third-order valence-corrected chi connectivity index (χ3v) is 4.86. The molecule has 0 spiro atoms. The van der Waals surface area contributed by atoms with Crippen LogP contribution in [-0.2, 0) is 14.8 Å². The molecule has 1 unspecified atom stereocenters. The first-order valence-electron chi connectivity index (χ1n) is 7.04. The van der Waals surface area contributed by atoms with Crippen LogP contribution in [0.1, 0.15) is 24.8 Å². The monoisotopic (exact) mass is 313 g/mol. The van der Waals surface area contributed by atoms with Crippen molar-refractivity contribution in [2.45, 2.75) is 37.2 Å². The van der Waals surface area contributed by atoms with Gasteiger partial charge in [-0.25, -0.2) is 13.6 Å². The first-order valence-corrected chi connectivity index (χ1v) is 8.59. The highest BCUT2D eigenvalue weighted by Gasteiger charge is 2.20. The maximum absolute atomic E-state index is 11.6. The molecule has 0 radical (unpaired) electrons. The van der Waals surface area contributed by atoms with Gasteiger partial charge < -0.3 is 15.4 Å². The molecule has 1 aliphatic rings. The van der Waals surface area contributed by atoms with Crippen molar-refractivity contribution >= 4 is 21.4 Å². The minimum absolute atomic E-state index is 0.0777. The second-order valence-electron chi connectivity index (χ2n) is 5.58. The molecule has 0 bridgehead atoms. The second-order valence-corrected chi connectivity index (χ2v) is 7.11. The Balaban J connectivity index is 2.28. The number of nitrogens with zero attached hydrogens (tertiary/aromatic N) is 1. The largest absolute Gasteiger partial charge is 0.399 e. The fraction of sp³-hybridized carbons (Fsp3) is 0.571. The van der Waals surface area contributed by atoms with Gasteiger partial charge in [0.05, 0.1) is 11.0 Å². The van der Waals surface area contributed by atoms with E-state index >= 15 is 0 Å². The number of anilines is 2. The predicted octanol–water partition coefficient (Wildman–Crippen LogP) is 1.23. The van der Waals surface area contributed by atoms with Crippen molar-refractivity contribution in [3.8, 4) is 0 Å². The molecule has 0 aliphatic carbocycles. The van der Waals surface area contributed by atoms with E-state index in [0.29, 0.717) is 17.8 Å². The number of likely N-dealkylation sites (N-methyl/N-ethyl adjacent to an activating group) is 1. The van der Waals surface area contributed by atoms with Crippen molar-refractivity contribution < 1.29 is 13.2 Å². The fourth-order valence-electron chi connectivity index (χ4n) is 2.74. The van der Waals surface area contributed by atoms with Crippen LogP contribution >= 0.6 is 0 Å². The Labute approximate surface area is 126 Å². The summed E-state index contributed by atoms with van der Waals surface area (Å²) in [4.78, 5) is 2.06. The van der Waals surface area contributed by atoms with Crippen LogP contribution in [0, 0.1) is 6.92 Å². The number of sulfonamides is 1. The number of primary sulfonamides is 1. The molecule has 1 aromatic rings. The number of benzene rings is 1. The number of rotatable bonds is 4. The quantitative estimate of drug-likeness (QED) is 0.815. The van der Waals surface area contributed by atoms with E-state index in [1.165, 1.54) is 6.07 Å². The van der Waals surface area contributed by atoms with Crippen LogP contribution in [-0.4, -0.2) is 34.7 Å². The van der Waals surface area contributed by atoms with Crippen molar-refractivity contribution in [3.05, 3.63) is 17.7 Å². The first-order chi connectivity index (χ1) is 9.79. The molecule has 0 aromatic heterocycles. The van der Waals surface area contributed by atoms with Crippen molar-refractivity contribution in [2.75, 3.05) is 30.8 Å². The summed E-state index contributed by atoms with van der Waals surface area (Å²) < 4.78 is 29.0. The van der Waals surface area contributed by atoms with Crippen LogP contribution < -0.4 is 15.8 Å². The van der Waals surface area contributed by atoms with Crippen LogP contribution in [0.2, 0.25) is 0 Å². The molecule has 6 nitrogen and oxygen atoms in total. The minimum atomic E-state index is -3.78. The number of hydrogen-bond donors (Lipinski definition) is 2. The summed E-state index contributed by atoms with van der Waals surface area (Å²) in [5.74, 6) is 0.